The van der Waals surface area contributed by atoms with Crippen LogP contribution in [-0.4, -0.2) is 5.91 Å². The Hall–Kier alpha value is -1.58. The van der Waals surface area contributed by atoms with Crippen molar-refractivity contribution in [2.24, 2.45) is 0 Å². The van der Waals surface area contributed by atoms with Crippen LogP contribution < -0.4 is 5.32 Å². The molecule has 1 unspecified atom stereocenters. The molecule has 0 fully saturated rings. The Morgan fingerprint density at radius 3 is 2.70 bits per heavy atom. The molecule has 1 aliphatic heterocycles. The van der Waals surface area contributed by atoms with Crippen molar-refractivity contribution < 1.29 is 9.18 Å². The molecule has 2 nitrogen and oxygen atoms in total. The minimum atomic E-state index is -0.690. The molecule has 0 radical (unpaired) electrons. The third kappa shape index (κ3) is 2.28. The molecule has 0 saturated heterocycles. The number of hydrogen-bond acceptors (Lipinski definition) is 1. The van der Waals surface area contributed by atoms with Gasteiger partial charge in [-0.3, -0.25) is 4.79 Å². The van der Waals surface area contributed by atoms with Crippen LogP contribution in [0.5, 0.6) is 0 Å². The molecular formula is C15H10Cl2FNO. The van der Waals surface area contributed by atoms with E-state index in [0.29, 0.717) is 28.3 Å². The molecule has 1 N–H and O–H groups in total. The van der Waals surface area contributed by atoms with Crippen LogP contribution in [0.2, 0.25) is 5.02 Å². The summed E-state index contributed by atoms with van der Waals surface area (Å²) in [4.78, 5) is 11.4. The Morgan fingerprint density at radius 1 is 1.20 bits per heavy atom. The number of carbonyl (C=O) groups is 1. The Bertz CT molecular complexity index is 702. The highest BCUT2D eigenvalue weighted by molar-refractivity contribution is 6.33. The molecule has 2 aromatic rings. The maximum atomic E-state index is 13.8. The summed E-state index contributed by atoms with van der Waals surface area (Å²) in [5.41, 5.74) is 2.50. The second-order valence-electron chi connectivity index (χ2n) is 4.64. The lowest BCUT2D eigenvalue weighted by Gasteiger charge is -2.14. The van der Waals surface area contributed by atoms with Crippen LogP contribution in [-0.2, 0) is 11.2 Å². The Kier molecular flexibility index (Phi) is 3.40. The van der Waals surface area contributed by atoms with Crippen molar-refractivity contribution in [1.29, 1.82) is 0 Å². The summed E-state index contributed by atoms with van der Waals surface area (Å²) in [7, 11) is 0. The van der Waals surface area contributed by atoms with Gasteiger partial charge in [-0.25, -0.2) is 4.39 Å². The summed E-state index contributed by atoms with van der Waals surface area (Å²) in [5.74, 6) is -0.455. The highest BCUT2D eigenvalue weighted by Crippen LogP contribution is 2.38. The largest absolute Gasteiger partial charge is 0.325 e. The SMILES string of the molecule is O=C1Cc2cc(C(Cl)c3ccccc3F)c(Cl)cc2N1. The van der Waals surface area contributed by atoms with Crippen molar-refractivity contribution in [3.05, 3.63) is 63.9 Å². The smallest absolute Gasteiger partial charge is 0.228 e. The average molecular weight is 310 g/mol. The van der Waals surface area contributed by atoms with E-state index < -0.39 is 5.38 Å². The summed E-state index contributed by atoms with van der Waals surface area (Å²) >= 11 is 12.5. The number of hydrogen-bond donors (Lipinski definition) is 1. The number of anilines is 1. The molecule has 3 rings (SSSR count). The number of amides is 1. The first-order valence-electron chi connectivity index (χ1n) is 6.07. The van der Waals surface area contributed by atoms with Gasteiger partial charge >= 0.3 is 0 Å². The summed E-state index contributed by atoms with van der Waals surface area (Å²) in [5, 5.41) is 2.44. The Labute approximate surface area is 125 Å². The van der Waals surface area contributed by atoms with Gasteiger partial charge in [-0.2, -0.15) is 0 Å². The van der Waals surface area contributed by atoms with Gasteiger partial charge in [-0.1, -0.05) is 29.8 Å². The zero-order valence-corrected chi connectivity index (χ0v) is 11.8. The molecule has 0 spiro atoms. The molecule has 1 aliphatic rings. The van der Waals surface area contributed by atoms with Gasteiger partial charge in [-0.05, 0) is 29.3 Å². The fourth-order valence-corrected chi connectivity index (χ4v) is 3.00. The molecule has 102 valence electrons. The number of carbonyl (C=O) groups excluding carboxylic acids is 1. The number of halogens is 3. The highest BCUT2D eigenvalue weighted by atomic mass is 35.5. The van der Waals surface area contributed by atoms with Crippen molar-refractivity contribution in [3.63, 3.8) is 0 Å². The van der Waals surface area contributed by atoms with Gasteiger partial charge in [0.1, 0.15) is 5.82 Å². The first kappa shape index (κ1) is 13.4. The van der Waals surface area contributed by atoms with Gasteiger partial charge in [0.05, 0.1) is 11.8 Å². The van der Waals surface area contributed by atoms with E-state index in [2.05, 4.69) is 5.32 Å². The van der Waals surface area contributed by atoms with Crippen molar-refractivity contribution in [2.45, 2.75) is 11.8 Å². The molecule has 20 heavy (non-hydrogen) atoms. The van der Waals surface area contributed by atoms with Crippen molar-refractivity contribution in [1.82, 2.24) is 0 Å². The molecule has 0 aromatic heterocycles. The maximum Gasteiger partial charge on any atom is 0.228 e. The number of alkyl halides is 1. The highest BCUT2D eigenvalue weighted by Gasteiger charge is 2.23. The van der Waals surface area contributed by atoms with Crippen LogP contribution in [0, 0.1) is 5.82 Å². The van der Waals surface area contributed by atoms with E-state index >= 15 is 0 Å². The second-order valence-corrected chi connectivity index (χ2v) is 5.48. The Balaban J connectivity index is 2.05. The summed E-state index contributed by atoms with van der Waals surface area (Å²) in [6, 6.07) is 9.74. The van der Waals surface area contributed by atoms with E-state index in [1.54, 1.807) is 30.3 Å². The summed E-state index contributed by atoms with van der Waals surface area (Å²) in [6.45, 7) is 0. The van der Waals surface area contributed by atoms with Crippen LogP contribution in [0.3, 0.4) is 0 Å². The van der Waals surface area contributed by atoms with E-state index in [4.69, 9.17) is 23.2 Å². The molecule has 1 atom stereocenters. The molecular weight excluding hydrogens is 300 g/mol. The second kappa shape index (κ2) is 5.08. The number of fused-ring (bicyclic) bond motifs is 1. The minimum Gasteiger partial charge on any atom is -0.325 e. The molecule has 2 aromatic carbocycles. The fraction of sp³-hybridized carbons (Fsp3) is 0.133. The van der Waals surface area contributed by atoms with Gasteiger partial charge in [0.2, 0.25) is 5.91 Å². The van der Waals surface area contributed by atoms with E-state index in [1.807, 2.05) is 0 Å². The van der Waals surface area contributed by atoms with Crippen LogP contribution >= 0.6 is 23.2 Å². The van der Waals surface area contributed by atoms with E-state index in [0.717, 1.165) is 5.56 Å². The predicted octanol–water partition coefficient (Wildman–Crippen LogP) is 4.30. The minimum absolute atomic E-state index is 0.0785. The molecule has 1 heterocycles. The van der Waals surface area contributed by atoms with E-state index in [9.17, 15) is 9.18 Å². The third-order valence-electron chi connectivity index (χ3n) is 3.30. The van der Waals surface area contributed by atoms with Crippen LogP contribution in [0.15, 0.2) is 36.4 Å². The van der Waals surface area contributed by atoms with Crippen LogP contribution in [0.25, 0.3) is 0 Å². The van der Waals surface area contributed by atoms with E-state index in [-0.39, 0.29) is 11.7 Å². The molecule has 0 bridgehead atoms. The predicted molar refractivity (Wildman–Crippen MR) is 77.9 cm³/mol. The molecule has 5 heteroatoms. The van der Waals surface area contributed by atoms with Crippen molar-refractivity contribution >= 4 is 34.8 Å². The topological polar surface area (TPSA) is 29.1 Å². The van der Waals surface area contributed by atoms with Crippen molar-refractivity contribution in [3.8, 4) is 0 Å². The normalized spacial score (nSPS) is 14.8. The van der Waals surface area contributed by atoms with Gasteiger partial charge < -0.3 is 5.32 Å². The monoisotopic (exact) mass is 309 g/mol. The molecule has 1 amide bonds. The van der Waals surface area contributed by atoms with Gasteiger partial charge in [0.15, 0.2) is 0 Å². The maximum absolute atomic E-state index is 13.8. The summed E-state index contributed by atoms with van der Waals surface area (Å²) < 4.78 is 13.8. The first-order chi connectivity index (χ1) is 9.56. The lowest BCUT2D eigenvalue weighted by atomic mass is 10.0. The fourth-order valence-electron chi connectivity index (χ4n) is 2.31. The third-order valence-corrected chi connectivity index (χ3v) is 4.10. The van der Waals surface area contributed by atoms with Gasteiger partial charge in [-0.15, -0.1) is 11.6 Å². The van der Waals surface area contributed by atoms with Gasteiger partial charge in [0.25, 0.3) is 0 Å². The molecule has 0 aliphatic carbocycles. The van der Waals surface area contributed by atoms with Crippen LogP contribution in [0.1, 0.15) is 22.1 Å². The lowest BCUT2D eigenvalue weighted by molar-refractivity contribution is -0.115. The van der Waals surface area contributed by atoms with Crippen LogP contribution in [0.4, 0.5) is 10.1 Å². The van der Waals surface area contributed by atoms with Crippen molar-refractivity contribution in [2.75, 3.05) is 5.32 Å². The average Bonchev–Trinajstić information content (AvgIpc) is 2.76. The lowest BCUT2D eigenvalue weighted by Crippen LogP contribution is -2.03. The standard InChI is InChI=1S/C15H10Cl2FNO/c16-11-7-13-8(6-14(20)19-13)5-10(11)15(17)9-3-1-2-4-12(9)18/h1-5,7,15H,6H2,(H,19,20). The quantitative estimate of drug-likeness (QED) is 0.823. The number of benzene rings is 2. The number of nitrogens with one attached hydrogen (secondary N) is 1. The van der Waals surface area contributed by atoms with E-state index in [1.165, 1.54) is 6.07 Å². The van der Waals surface area contributed by atoms with Gasteiger partial charge in [0, 0.05) is 16.3 Å². The number of rotatable bonds is 2. The Morgan fingerprint density at radius 2 is 1.95 bits per heavy atom. The molecule has 0 saturated carbocycles. The summed E-state index contributed by atoms with van der Waals surface area (Å²) in [6.07, 6.45) is 0.292. The zero-order chi connectivity index (χ0) is 14.3. The zero-order valence-electron chi connectivity index (χ0n) is 10.3. The first-order valence-corrected chi connectivity index (χ1v) is 6.88.